The predicted molar refractivity (Wildman–Crippen MR) is 113 cm³/mol. The number of methoxy groups -OCH3 is 2. The lowest BCUT2D eigenvalue weighted by atomic mass is 10.1. The molecule has 8 heteroatoms. The third-order valence-corrected chi connectivity index (χ3v) is 5.85. The molecular formula is C22H28N4O4. The number of ether oxygens (including phenoxy) is 2. The van der Waals surface area contributed by atoms with Crippen molar-refractivity contribution < 1.29 is 14.3 Å². The van der Waals surface area contributed by atoms with Crippen molar-refractivity contribution in [2.24, 2.45) is 11.8 Å². The van der Waals surface area contributed by atoms with Gasteiger partial charge in [0, 0.05) is 37.8 Å². The Bertz CT molecular complexity index is 970. The molecule has 2 heterocycles. The highest BCUT2D eigenvalue weighted by atomic mass is 16.5. The second kappa shape index (κ2) is 8.77. The van der Waals surface area contributed by atoms with Crippen LogP contribution in [0.15, 0.2) is 35.3 Å². The van der Waals surface area contributed by atoms with E-state index < -0.39 is 0 Å². The van der Waals surface area contributed by atoms with Crippen molar-refractivity contribution >= 4 is 11.6 Å². The van der Waals surface area contributed by atoms with Crippen molar-refractivity contribution in [1.82, 2.24) is 15.1 Å². The Morgan fingerprint density at radius 1 is 1.20 bits per heavy atom. The molecule has 2 aliphatic rings. The molecule has 1 N–H and O–H groups in total. The predicted octanol–water partition coefficient (Wildman–Crippen LogP) is 1.81. The molecule has 1 saturated carbocycles. The minimum Gasteiger partial charge on any atom is -0.497 e. The van der Waals surface area contributed by atoms with E-state index in [1.54, 1.807) is 31.2 Å². The molecule has 1 saturated heterocycles. The Balaban J connectivity index is 1.34. The normalized spacial score (nSPS) is 18.3. The number of carbonyl (C=O) groups is 1. The van der Waals surface area contributed by atoms with Gasteiger partial charge in [-0.3, -0.25) is 9.59 Å². The summed E-state index contributed by atoms with van der Waals surface area (Å²) >= 11 is 0. The lowest BCUT2D eigenvalue weighted by molar-refractivity contribution is -0.124. The van der Waals surface area contributed by atoms with Gasteiger partial charge in [-0.2, -0.15) is 5.10 Å². The van der Waals surface area contributed by atoms with E-state index in [-0.39, 0.29) is 17.4 Å². The van der Waals surface area contributed by atoms with E-state index in [9.17, 15) is 9.59 Å². The Morgan fingerprint density at radius 2 is 2.03 bits per heavy atom. The van der Waals surface area contributed by atoms with Gasteiger partial charge in [0.25, 0.3) is 5.56 Å². The van der Waals surface area contributed by atoms with Crippen molar-refractivity contribution in [2.45, 2.75) is 32.4 Å². The van der Waals surface area contributed by atoms with Gasteiger partial charge in [0.15, 0.2) is 0 Å². The topological polar surface area (TPSA) is 85.7 Å². The summed E-state index contributed by atoms with van der Waals surface area (Å²) in [6.07, 6.45) is 4.85. The zero-order chi connectivity index (χ0) is 21.1. The summed E-state index contributed by atoms with van der Waals surface area (Å²) < 4.78 is 12.2. The van der Waals surface area contributed by atoms with Gasteiger partial charge in [-0.1, -0.05) is 0 Å². The average molecular weight is 412 g/mol. The first kappa shape index (κ1) is 20.3. The lowest BCUT2D eigenvalue weighted by Crippen LogP contribution is -2.33. The van der Waals surface area contributed by atoms with Crippen molar-refractivity contribution in [3.05, 3.63) is 46.4 Å². The van der Waals surface area contributed by atoms with E-state index in [0.29, 0.717) is 31.3 Å². The van der Waals surface area contributed by atoms with E-state index in [2.05, 4.69) is 15.3 Å². The molecule has 0 spiro atoms. The molecule has 1 unspecified atom stereocenters. The number of aromatic nitrogens is 2. The third kappa shape index (κ3) is 4.58. The van der Waals surface area contributed by atoms with Gasteiger partial charge in [-0.15, -0.1) is 0 Å². The Labute approximate surface area is 175 Å². The third-order valence-electron chi connectivity index (χ3n) is 5.85. The zero-order valence-electron chi connectivity index (χ0n) is 17.5. The SMILES string of the molecule is COc1ccc(OC)c(CNC(=O)C2CCN(c3cnn(CC4CC4)c(=O)c3)C2)c1. The van der Waals surface area contributed by atoms with Crippen LogP contribution in [0.1, 0.15) is 24.8 Å². The van der Waals surface area contributed by atoms with Crippen LogP contribution >= 0.6 is 0 Å². The summed E-state index contributed by atoms with van der Waals surface area (Å²) in [5, 5.41) is 7.33. The summed E-state index contributed by atoms with van der Waals surface area (Å²) in [6.45, 7) is 2.38. The number of nitrogens with one attached hydrogen (secondary N) is 1. The highest BCUT2D eigenvalue weighted by Gasteiger charge is 2.29. The van der Waals surface area contributed by atoms with E-state index in [1.807, 2.05) is 18.2 Å². The largest absolute Gasteiger partial charge is 0.497 e. The van der Waals surface area contributed by atoms with Crippen molar-refractivity contribution in [2.75, 3.05) is 32.2 Å². The standard InChI is InChI=1S/C22H28N4O4/c1-29-19-5-6-20(30-2)17(9-19)11-23-22(28)16-7-8-25(14-16)18-10-21(27)26(24-12-18)13-15-3-4-15/h5-6,9-10,12,15-16H,3-4,7-8,11,13-14H2,1-2H3,(H,23,28). The molecule has 2 aromatic rings. The van der Waals surface area contributed by atoms with Crippen molar-refractivity contribution in [3.8, 4) is 11.5 Å². The summed E-state index contributed by atoms with van der Waals surface area (Å²) in [5.74, 6) is 1.90. The second-order valence-corrected chi connectivity index (χ2v) is 8.00. The number of carbonyl (C=O) groups excluding carboxylic acids is 1. The van der Waals surface area contributed by atoms with E-state index >= 15 is 0 Å². The number of amides is 1. The number of nitrogens with zero attached hydrogens (tertiary/aromatic N) is 3. The molecule has 2 fully saturated rings. The summed E-state index contributed by atoms with van der Waals surface area (Å²) in [4.78, 5) is 27.1. The van der Waals surface area contributed by atoms with Crippen LogP contribution in [0.5, 0.6) is 11.5 Å². The first-order valence-electron chi connectivity index (χ1n) is 10.4. The van der Waals surface area contributed by atoms with Crippen LogP contribution < -0.4 is 25.2 Å². The van der Waals surface area contributed by atoms with Gasteiger partial charge in [0.05, 0.1) is 32.0 Å². The molecule has 0 bridgehead atoms. The van der Waals surface area contributed by atoms with Gasteiger partial charge in [-0.25, -0.2) is 4.68 Å². The van der Waals surface area contributed by atoms with Gasteiger partial charge in [-0.05, 0) is 43.4 Å². The molecule has 1 aliphatic carbocycles. The van der Waals surface area contributed by atoms with Crippen LogP contribution in [0, 0.1) is 11.8 Å². The van der Waals surface area contributed by atoms with Crippen molar-refractivity contribution in [3.63, 3.8) is 0 Å². The van der Waals surface area contributed by atoms with Crippen molar-refractivity contribution in [1.29, 1.82) is 0 Å². The molecule has 1 aromatic carbocycles. The Hall–Kier alpha value is -3.03. The van der Waals surface area contributed by atoms with Crippen LogP contribution in [-0.4, -0.2) is 43.0 Å². The minimum atomic E-state index is -0.129. The first-order valence-corrected chi connectivity index (χ1v) is 10.4. The molecule has 1 atom stereocenters. The lowest BCUT2D eigenvalue weighted by Gasteiger charge is -2.18. The molecule has 8 nitrogen and oxygen atoms in total. The smallest absolute Gasteiger partial charge is 0.268 e. The number of anilines is 1. The van der Waals surface area contributed by atoms with Gasteiger partial charge in [0.1, 0.15) is 11.5 Å². The Kier molecular flexibility index (Phi) is 5.92. The fourth-order valence-electron chi connectivity index (χ4n) is 3.83. The van der Waals surface area contributed by atoms with Crippen LogP contribution in [0.25, 0.3) is 0 Å². The molecule has 1 aromatic heterocycles. The maximum Gasteiger partial charge on any atom is 0.268 e. The summed E-state index contributed by atoms with van der Waals surface area (Å²) in [7, 11) is 3.21. The summed E-state index contributed by atoms with van der Waals surface area (Å²) in [5.41, 5.74) is 1.58. The monoisotopic (exact) mass is 412 g/mol. The molecule has 0 radical (unpaired) electrons. The maximum absolute atomic E-state index is 12.7. The molecular weight excluding hydrogens is 384 g/mol. The molecule has 160 valence electrons. The average Bonchev–Trinajstić information content (AvgIpc) is 3.44. The second-order valence-electron chi connectivity index (χ2n) is 8.00. The van der Waals surface area contributed by atoms with Crippen LogP contribution in [-0.2, 0) is 17.9 Å². The minimum absolute atomic E-state index is 0.00240. The Morgan fingerprint density at radius 3 is 2.73 bits per heavy atom. The number of rotatable bonds is 8. The van der Waals surface area contributed by atoms with Crippen LogP contribution in [0.3, 0.4) is 0 Å². The van der Waals surface area contributed by atoms with Gasteiger partial charge < -0.3 is 19.7 Å². The zero-order valence-corrected chi connectivity index (χ0v) is 17.5. The molecule has 1 amide bonds. The van der Waals surface area contributed by atoms with E-state index in [4.69, 9.17) is 9.47 Å². The highest BCUT2D eigenvalue weighted by molar-refractivity contribution is 5.80. The maximum atomic E-state index is 12.7. The van der Waals surface area contributed by atoms with Gasteiger partial charge >= 0.3 is 0 Å². The summed E-state index contributed by atoms with van der Waals surface area (Å²) in [6, 6.07) is 7.15. The number of benzene rings is 1. The molecule has 4 rings (SSSR count). The fraction of sp³-hybridized carbons (Fsp3) is 0.500. The van der Waals surface area contributed by atoms with E-state index in [0.717, 1.165) is 30.0 Å². The molecule has 30 heavy (non-hydrogen) atoms. The fourth-order valence-corrected chi connectivity index (χ4v) is 3.83. The van der Waals surface area contributed by atoms with Crippen LogP contribution in [0.4, 0.5) is 5.69 Å². The van der Waals surface area contributed by atoms with Gasteiger partial charge in [0.2, 0.25) is 5.91 Å². The van der Waals surface area contributed by atoms with E-state index in [1.165, 1.54) is 12.8 Å². The molecule has 1 aliphatic heterocycles. The van der Waals surface area contributed by atoms with Crippen LogP contribution in [0.2, 0.25) is 0 Å². The number of hydrogen-bond donors (Lipinski definition) is 1. The quantitative estimate of drug-likeness (QED) is 0.712. The first-order chi connectivity index (χ1) is 14.6. The highest BCUT2D eigenvalue weighted by Crippen LogP contribution is 2.30. The number of hydrogen-bond acceptors (Lipinski definition) is 6.